The number of hydrogen-bond acceptors (Lipinski definition) is 5. The second kappa shape index (κ2) is 8.48. The molecule has 0 heterocycles. The van der Waals surface area contributed by atoms with Crippen molar-refractivity contribution in [2.45, 2.75) is 12.5 Å². The third-order valence-electron chi connectivity index (χ3n) is 3.22. The number of aromatic hydroxyl groups is 2. The number of aliphatic imine (C=N–C) groups is 2. The van der Waals surface area contributed by atoms with Crippen LogP contribution in [0, 0.1) is 0 Å². The molecule has 0 radical (unpaired) electrons. The van der Waals surface area contributed by atoms with Crippen molar-refractivity contribution in [3.05, 3.63) is 59.7 Å². The number of nitrogens with zero attached hydrogens (tertiary/aromatic N) is 2. The second-order valence-electron chi connectivity index (χ2n) is 4.92. The summed E-state index contributed by atoms with van der Waals surface area (Å²) in [5.41, 5.74) is 1.20. The van der Waals surface area contributed by atoms with Crippen LogP contribution in [0.3, 0.4) is 0 Å². The third-order valence-corrected chi connectivity index (χ3v) is 3.22. The number of hydrogen-bond donors (Lipinski definition) is 2. The van der Waals surface area contributed by atoms with Gasteiger partial charge in [-0.25, -0.2) is 0 Å². The molecule has 0 saturated carbocycles. The highest BCUT2D eigenvalue weighted by molar-refractivity contribution is 5.84. The van der Waals surface area contributed by atoms with Gasteiger partial charge in [-0.05, 0) is 30.7 Å². The first-order chi connectivity index (χ1) is 11.2. The lowest BCUT2D eigenvalue weighted by Gasteiger charge is -2.03. The van der Waals surface area contributed by atoms with Crippen molar-refractivity contribution in [2.75, 3.05) is 6.54 Å². The van der Waals surface area contributed by atoms with Gasteiger partial charge in [0.05, 0.1) is 0 Å². The Balaban J connectivity index is 1.89. The molecule has 2 rings (SSSR count). The molecular formula is C18H18N2O3. The Morgan fingerprint density at radius 1 is 0.913 bits per heavy atom. The van der Waals surface area contributed by atoms with Gasteiger partial charge in [0.15, 0.2) is 0 Å². The zero-order valence-electron chi connectivity index (χ0n) is 12.5. The molecular weight excluding hydrogens is 292 g/mol. The van der Waals surface area contributed by atoms with Crippen LogP contribution in [-0.4, -0.2) is 41.5 Å². The van der Waals surface area contributed by atoms with E-state index < -0.39 is 6.04 Å². The van der Waals surface area contributed by atoms with Crippen LogP contribution in [0.4, 0.5) is 0 Å². The molecule has 0 aliphatic rings. The minimum absolute atomic E-state index is 0.124. The molecule has 5 nitrogen and oxygen atoms in total. The van der Waals surface area contributed by atoms with E-state index in [9.17, 15) is 15.0 Å². The molecule has 0 aromatic heterocycles. The van der Waals surface area contributed by atoms with Crippen molar-refractivity contribution >= 4 is 18.7 Å². The summed E-state index contributed by atoms with van der Waals surface area (Å²) in [6.45, 7) is 0.413. The Morgan fingerprint density at radius 2 is 1.48 bits per heavy atom. The van der Waals surface area contributed by atoms with Crippen LogP contribution in [-0.2, 0) is 4.79 Å². The molecule has 118 valence electrons. The zero-order valence-corrected chi connectivity index (χ0v) is 12.5. The van der Waals surface area contributed by atoms with Gasteiger partial charge in [-0.1, -0.05) is 24.3 Å². The van der Waals surface area contributed by atoms with Gasteiger partial charge in [0.25, 0.3) is 0 Å². The van der Waals surface area contributed by atoms with E-state index in [0.717, 1.165) is 6.29 Å². The smallest absolute Gasteiger partial charge is 0.144 e. The van der Waals surface area contributed by atoms with Crippen molar-refractivity contribution < 1.29 is 15.0 Å². The van der Waals surface area contributed by atoms with Gasteiger partial charge < -0.3 is 15.0 Å². The Morgan fingerprint density at radius 3 is 2.04 bits per heavy atom. The van der Waals surface area contributed by atoms with Crippen LogP contribution in [0.5, 0.6) is 11.5 Å². The molecule has 2 N–H and O–H groups in total. The highest BCUT2D eigenvalue weighted by Crippen LogP contribution is 2.14. The highest BCUT2D eigenvalue weighted by atomic mass is 16.3. The minimum atomic E-state index is -0.517. The maximum Gasteiger partial charge on any atom is 0.144 e. The standard InChI is InChI=1S/C18H18N2O3/c21-13-16(20-12-15-6-2-4-8-18(15)23)9-10-19-11-14-5-1-3-7-17(14)22/h1-8,11-13,16,22-23H,9-10H2/b19-11+,20-12-. The summed E-state index contributed by atoms with van der Waals surface area (Å²) in [6.07, 6.45) is 4.27. The van der Waals surface area contributed by atoms with E-state index in [1.807, 2.05) is 6.07 Å². The molecule has 0 bridgehead atoms. The molecule has 0 amide bonds. The van der Waals surface area contributed by atoms with Gasteiger partial charge in [-0.3, -0.25) is 9.98 Å². The van der Waals surface area contributed by atoms with Gasteiger partial charge >= 0.3 is 0 Å². The van der Waals surface area contributed by atoms with Crippen molar-refractivity contribution in [3.8, 4) is 11.5 Å². The lowest BCUT2D eigenvalue weighted by molar-refractivity contribution is -0.108. The van der Waals surface area contributed by atoms with Crippen LogP contribution >= 0.6 is 0 Å². The van der Waals surface area contributed by atoms with Gasteiger partial charge in [-0.2, -0.15) is 0 Å². The fraction of sp³-hybridized carbons (Fsp3) is 0.167. The Bertz CT molecular complexity index is 711. The lowest BCUT2D eigenvalue weighted by atomic mass is 10.2. The monoisotopic (exact) mass is 310 g/mol. The summed E-state index contributed by atoms with van der Waals surface area (Å²) in [6, 6.07) is 13.2. The maximum atomic E-state index is 11.1. The molecule has 23 heavy (non-hydrogen) atoms. The highest BCUT2D eigenvalue weighted by Gasteiger charge is 2.04. The molecule has 2 aromatic carbocycles. The second-order valence-corrected chi connectivity index (χ2v) is 4.92. The summed E-state index contributed by atoms with van der Waals surface area (Å²) < 4.78 is 0. The predicted molar refractivity (Wildman–Crippen MR) is 90.7 cm³/mol. The lowest BCUT2D eigenvalue weighted by Crippen LogP contribution is -2.08. The van der Waals surface area contributed by atoms with E-state index in [1.54, 1.807) is 48.7 Å². The topological polar surface area (TPSA) is 82.2 Å². The number of phenolic OH excluding ortho intramolecular Hbond substituents is 2. The van der Waals surface area contributed by atoms with Crippen LogP contribution in [0.2, 0.25) is 0 Å². The summed E-state index contributed by atoms with van der Waals surface area (Å²) >= 11 is 0. The maximum absolute atomic E-state index is 11.1. The Hall–Kier alpha value is -2.95. The van der Waals surface area contributed by atoms with Gasteiger partial charge in [0.1, 0.15) is 23.8 Å². The molecule has 5 heteroatoms. The minimum Gasteiger partial charge on any atom is -0.507 e. The first-order valence-electron chi connectivity index (χ1n) is 7.25. The van der Waals surface area contributed by atoms with E-state index >= 15 is 0 Å². The summed E-state index contributed by atoms with van der Waals surface area (Å²) in [4.78, 5) is 19.4. The number of aldehydes is 1. The predicted octanol–water partition coefficient (Wildman–Crippen LogP) is 2.59. The first kappa shape index (κ1) is 16.4. The average Bonchev–Trinajstić information content (AvgIpc) is 2.57. The van der Waals surface area contributed by atoms with Crippen LogP contribution < -0.4 is 0 Å². The molecule has 0 saturated heterocycles. The Kier molecular flexibility index (Phi) is 6.06. The quantitative estimate of drug-likeness (QED) is 0.609. The molecule has 1 atom stereocenters. The van der Waals surface area contributed by atoms with Crippen LogP contribution in [0.15, 0.2) is 58.5 Å². The number of benzene rings is 2. The van der Waals surface area contributed by atoms with Gasteiger partial charge in [0, 0.05) is 30.1 Å². The number of carbonyl (C=O) groups is 1. The number of phenols is 2. The zero-order chi connectivity index (χ0) is 16.5. The largest absolute Gasteiger partial charge is 0.507 e. The summed E-state index contributed by atoms with van der Waals surface area (Å²) in [7, 11) is 0. The van der Waals surface area contributed by atoms with Gasteiger partial charge in [0.2, 0.25) is 0 Å². The number of rotatable bonds is 7. The van der Waals surface area contributed by atoms with Crippen molar-refractivity contribution in [1.29, 1.82) is 0 Å². The average molecular weight is 310 g/mol. The molecule has 2 aromatic rings. The Labute approximate surface area is 134 Å². The summed E-state index contributed by atoms with van der Waals surface area (Å²) in [5, 5.41) is 19.2. The van der Waals surface area contributed by atoms with E-state index in [-0.39, 0.29) is 11.5 Å². The number of carbonyl (C=O) groups excluding carboxylic acids is 1. The SMILES string of the molecule is O=CC(CC/N=C/c1ccccc1O)/N=C\c1ccccc1O. The molecule has 0 fully saturated rings. The first-order valence-corrected chi connectivity index (χ1v) is 7.25. The van der Waals surface area contributed by atoms with Crippen molar-refractivity contribution in [3.63, 3.8) is 0 Å². The third kappa shape index (κ3) is 5.07. The number of para-hydroxylation sites is 2. The van der Waals surface area contributed by atoms with Crippen LogP contribution in [0.1, 0.15) is 17.5 Å². The molecule has 1 unspecified atom stereocenters. The van der Waals surface area contributed by atoms with Gasteiger partial charge in [-0.15, -0.1) is 0 Å². The molecule has 0 spiro atoms. The van der Waals surface area contributed by atoms with E-state index in [2.05, 4.69) is 9.98 Å². The van der Waals surface area contributed by atoms with E-state index in [0.29, 0.717) is 24.1 Å². The van der Waals surface area contributed by atoms with E-state index in [4.69, 9.17) is 0 Å². The normalized spacial score (nSPS) is 12.7. The fourth-order valence-corrected chi connectivity index (χ4v) is 1.92. The molecule has 0 aliphatic carbocycles. The fourth-order valence-electron chi connectivity index (χ4n) is 1.92. The van der Waals surface area contributed by atoms with E-state index in [1.165, 1.54) is 6.21 Å². The summed E-state index contributed by atoms with van der Waals surface area (Å²) in [5.74, 6) is 0.291. The van der Waals surface area contributed by atoms with Crippen molar-refractivity contribution in [1.82, 2.24) is 0 Å². The molecule has 0 aliphatic heterocycles. The van der Waals surface area contributed by atoms with Crippen LogP contribution in [0.25, 0.3) is 0 Å². The van der Waals surface area contributed by atoms with Crippen molar-refractivity contribution in [2.24, 2.45) is 9.98 Å².